The summed E-state index contributed by atoms with van der Waals surface area (Å²) < 4.78 is 5.49. The van der Waals surface area contributed by atoms with Gasteiger partial charge in [0.05, 0.1) is 0 Å². The highest BCUT2D eigenvalue weighted by molar-refractivity contribution is 5.83. The third-order valence-electron chi connectivity index (χ3n) is 4.17. The van der Waals surface area contributed by atoms with Crippen molar-refractivity contribution in [1.29, 1.82) is 0 Å². The van der Waals surface area contributed by atoms with Gasteiger partial charge in [0.1, 0.15) is 11.4 Å². The number of hydrogen-bond acceptors (Lipinski definition) is 3. The molecule has 0 aromatic carbocycles. The summed E-state index contributed by atoms with van der Waals surface area (Å²) in [6, 6.07) is 0.250. The SMILES string of the molecule is CCC1CC2CCC(CC1=O)N2C(=O)OC(C)(C)C. The Hall–Kier alpha value is -1.06. The zero-order valence-corrected chi connectivity index (χ0v) is 12.4. The average molecular weight is 267 g/mol. The lowest BCUT2D eigenvalue weighted by Crippen LogP contribution is -2.43. The minimum Gasteiger partial charge on any atom is -0.444 e. The number of ketones is 1. The Morgan fingerprint density at radius 3 is 2.53 bits per heavy atom. The molecule has 0 spiro atoms. The van der Waals surface area contributed by atoms with E-state index in [0.29, 0.717) is 12.2 Å². The Balaban J connectivity index is 2.13. The van der Waals surface area contributed by atoms with Gasteiger partial charge in [-0.1, -0.05) is 6.92 Å². The number of ether oxygens (including phenoxy) is 1. The van der Waals surface area contributed by atoms with Crippen LogP contribution in [0, 0.1) is 5.92 Å². The van der Waals surface area contributed by atoms with Crippen molar-refractivity contribution in [2.75, 3.05) is 0 Å². The molecule has 3 atom stereocenters. The Labute approximate surface area is 115 Å². The second-order valence-electron chi connectivity index (χ2n) is 6.78. The van der Waals surface area contributed by atoms with Crippen molar-refractivity contribution in [2.24, 2.45) is 5.92 Å². The van der Waals surface area contributed by atoms with Crippen LogP contribution in [-0.4, -0.2) is 34.5 Å². The van der Waals surface area contributed by atoms with Crippen molar-refractivity contribution >= 4 is 11.9 Å². The molecule has 2 heterocycles. The summed E-state index contributed by atoms with van der Waals surface area (Å²) in [7, 11) is 0. The highest BCUT2D eigenvalue weighted by atomic mass is 16.6. The van der Waals surface area contributed by atoms with Gasteiger partial charge in [-0.2, -0.15) is 0 Å². The number of rotatable bonds is 1. The quantitative estimate of drug-likeness (QED) is 0.733. The summed E-state index contributed by atoms with van der Waals surface area (Å²) in [6.07, 6.45) is 3.90. The molecule has 0 saturated carbocycles. The number of carbonyl (C=O) groups excluding carboxylic acids is 2. The molecular weight excluding hydrogens is 242 g/mol. The van der Waals surface area contributed by atoms with Gasteiger partial charge in [0.15, 0.2) is 0 Å². The lowest BCUT2D eigenvalue weighted by Gasteiger charge is -2.31. The molecule has 3 unspecified atom stereocenters. The molecule has 2 aliphatic rings. The van der Waals surface area contributed by atoms with Crippen LogP contribution in [0.2, 0.25) is 0 Å². The van der Waals surface area contributed by atoms with E-state index in [4.69, 9.17) is 4.74 Å². The molecule has 4 nitrogen and oxygen atoms in total. The van der Waals surface area contributed by atoms with Crippen LogP contribution in [0.1, 0.15) is 59.8 Å². The van der Waals surface area contributed by atoms with Gasteiger partial charge in [-0.3, -0.25) is 4.79 Å². The number of carbonyl (C=O) groups is 2. The molecule has 2 aliphatic heterocycles. The van der Waals surface area contributed by atoms with Crippen molar-refractivity contribution in [2.45, 2.75) is 77.5 Å². The first kappa shape index (κ1) is 14.4. The number of Topliss-reactive ketones (excluding diaryl/α,β-unsaturated/α-hetero) is 1. The summed E-state index contributed by atoms with van der Waals surface area (Å²) in [5, 5.41) is 0. The average Bonchev–Trinajstić information content (AvgIpc) is 2.58. The zero-order valence-electron chi connectivity index (χ0n) is 12.4. The van der Waals surface area contributed by atoms with E-state index in [0.717, 1.165) is 25.7 Å². The molecule has 0 N–H and O–H groups in total. The largest absolute Gasteiger partial charge is 0.444 e. The van der Waals surface area contributed by atoms with Crippen LogP contribution in [0.15, 0.2) is 0 Å². The smallest absolute Gasteiger partial charge is 0.410 e. The van der Waals surface area contributed by atoms with Gasteiger partial charge in [0.2, 0.25) is 0 Å². The summed E-state index contributed by atoms with van der Waals surface area (Å²) in [4.78, 5) is 26.3. The van der Waals surface area contributed by atoms with Gasteiger partial charge in [-0.05, 0) is 46.5 Å². The van der Waals surface area contributed by atoms with Crippen molar-refractivity contribution in [3.05, 3.63) is 0 Å². The fourth-order valence-electron chi connectivity index (χ4n) is 3.26. The first-order valence-corrected chi connectivity index (χ1v) is 7.36. The molecule has 0 aromatic heterocycles. The minimum absolute atomic E-state index is 0.0592. The summed E-state index contributed by atoms with van der Waals surface area (Å²) in [5.41, 5.74) is -0.475. The second-order valence-corrected chi connectivity index (χ2v) is 6.78. The van der Waals surface area contributed by atoms with Crippen LogP contribution in [0.5, 0.6) is 0 Å². The summed E-state index contributed by atoms with van der Waals surface area (Å²) in [6.45, 7) is 7.69. The number of hydrogen-bond donors (Lipinski definition) is 0. The molecule has 2 bridgehead atoms. The summed E-state index contributed by atoms with van der Waals surface area (Å²) in [5.74, 6) is 0.448. The molecule has 108 valence electrons. The molecule has 2 saturated heterocycles. The maximum absolute atomic E-state index is 12.3. The molecular formula is C15H25NO3. The molecule has 19 heavy (non-hydrogen) atoms. The number of fused-ring (bicyclic) bond motifs is 2. The fraction of sp³-hybridized carbons (Fsp3) is 0.867. The van der Waals surface area contributed by atoms with E-state index >= 15 is 0 Å². The molecule has 2 fully saturated rings. The van der Waals surface area contributed by atoms with Crippen LogP contribution in [0.4, 0.5) is 4.79 Å². The first-order chi connectivity index (χ1) is 8.81. The maximum atomic E-state index is 12.3. The van der Waals surface area contributed by atoms with Crippen molar-refractivity contribution < 1.29 is 14.3 Å². The lowest BCUT2D eigenvalue weighted by atomic mass is 9.88. The Morgan fingerprint density at radius 2 is 1.95 bits per heavy atom. The van der Waals surface area contributed by atoms with Crippen LogP contribution < -0.4 is 0 Å². The predicted molar refractivity (Wildman–Crippen MR) is 72.9 cm³/mol. The van der Waals surface area contributed by atoms with Gasteiger partial charge in [-0.25, -0.2) is 4.79 Å². The maximum Gasteiger partial charge on any atom is 0.410 e. The van der Waals surface area contributed by atoms with E-state index in [1.54, 1.807) is 0 Å². The van der Waals surface area contributed by atoms with E-state index in [9.17, 15) is 9.59 Å². The highest BCUT2D eigenvalue weighted by Gasteiger charge is 2.44. The van der Waals surface area contributed by atoms with Crippen LogP contribution in [0.25, 0.3) is 0 Å². The van der Waals surface area contributed by atoms with E-state index in [1.165, 1.54) is 0 Å². The normalized spacial score (nSPS) is 31.3. The monoisotopic (exact) mass is 267 g/mol. The van der Waals surface area contributed by atoms with E-state index < -0.39 is 5.60 Å². The Bertz CT molecular complexity index is 372. The van der Waals surface area contributed by atoms with E-state index in [1.807, 2.05) is 25.7 Å². The molecule has 0 radical (unpaired) electrons. The molecule has 2 rings (SSSR count). The zero-order chi connectivity index (χ0) is 14.2. The van der Waals surface area contributed by atoms with Gasteiger partial charge in [-0.15, -0.1) is 0 Å². The number of nitrogens with zero attached hydrogens (tertiary/aromatic N) is 1. The van der Waals surface area contributed by atoms with Gasteiger partial charge >= 0.3 is 6.09 Å². The fourth-order valence-corrected chi connectivity index (χ4v) is 3.26. The van der Waals surface area contributed by atoms with E-state index in [-0.39, 0.29) is 24.1 Å². The lowest BCUT2D eigenvalue weighted by molar-refractivity contribution is -0.123. The molecule has 0 aliphatic carbocycles. The van der Waals surface area contributed by atoms with Crippen molar-refractivity contribution in [3.8, 4) is 0 Å². The van der Waals surface area contributed by atoms with E-state index in [2.05, 4.69) is 6.92 Å². The predicted octanol–water partition coefficient (Wildman–Crippen LogP) is 3.14. The van der Waals surface area contributed by atoms with Crippen molar-refractivity contribution in [3.63, 3.8) is 0 Å². The Kier molecular flexibility index (Phi) is 3.88. The van der Waals surface area contributed by atoms with Crippen LogP contribution in [-0.2, 0) is 9.53 Å². The third-order valence-corrected chi connectivity index (χ3v) is 4.17. The van der Waals surface area contributed by atoms with Gasteiger partial charge in [0.25, 0.3) is 0 Å². The van der Waals surface area contributed by atoms with Crippen LogP contribution >= 0.6 is 0 Å². The minimum atomic E-state index is -0.475. The van der Waals surface area contributed by atoms with Gasteiger partial charge in [0, 0.05) is 24.4 Å². The second kappa shape index (κ2) is 5.14. The molecule has 1 amide bonds. The topological polar surface area (TPSA) is 46.6 Å². The standard InChI is InChI=1S/C15H25NO3/c1-5-10-8-11-6-7-12(9-13(10)17)16(11)14(18)19-15(2,3)4/h10-12H,5-9H2,1-4H3. The molecule has 0 aromatic rings. The molecule has 4 heteroatoms. The summed E-state index contributed by atoms with van der Waals surface area (Å²) >= 11 is 0. The number of amides is 1. The third kappa shape index (κ3) is 3.10. The highest BCUT2D eigenvalue weighted by Crippen LogP contribution is 2.37. The van der Waals surface area contributed by atoms with Crippen LogP contribution in [0.3, 0.4) is 0 Å². The first-order valence-electron chi connectivity index (χ1n) is 7.36. The Morgan fingerprint density at radius 1 is 1.32 bits per heavy atom. The van der Waals surface area contributed by atoms with Crippen molar-refractivity contribution in [1.82, 2.24) is 4.90 Å². The van der Waals surface area contributed by atoms with Gasteiger partial charge < -0.3 is 9.64 Å².